The van der Waals surface area contributed by atoms with Crippen molar-refractivity contribution < 1.29 is 9.59 Å². The van der Waals surface area contributed by atoms with Crippen LogP contribution in [0.5, 0.6) is 0 Å². The first-order valence-electron chi connectivity index (χ1n) is 11.5. The van der Waals surface area contributed by atoms with Crippen LogP contribution in [0.2, 0.25) is 0 Å². The fraction of sp³-hybridized carbons (Fsp3) is 0.320. The molecule has 1 atom stereocenters. The van der Waals surface area contributed by atoms with Gasteiger partial charge in [0.05, 0.1) is 18.3 Å². The van der Waals surface area contributed by atoms with Crippen LogP contribution in [0.4, 0.5) is 0 Å². The average molecular weight is 461 g/mol. The van der Waals surface area contributed by atoms with E-state index in [0.29, 0.717) is 18.8 Å². The van der Waals surface area contributed by atoms with Crippen molar-refractivity contribution in [3.8, 4) is 11.3 Å². The molecule has 0 spiro atoms. The van der Waals surface area contributed by atoms with E-state index >= 15 is 0 Å². The third-order valence-electron chi connectivity index (χ3n) is 5.84. The van der Waals surface area contributed by atoms with E-state index in [1.165, 1.54) is 5.39 Å². The predicted octanol–water partition coefficient (Wildman–Crippen LogP) is 3.23. The minimum absolute atomic E-state index is 0.00683. The lowest BCUT2D eigenvalue weighted by Gasteiger charge is -2.15. The minimum Gasteiger partial charge on any atom is -0.355 e. The van der Waals surface area contributed by atoms with Gasteiger partial charge in [0.1, 0.15) is 17.9 Å². The average Bonchev–Trinajstić information content (AvgIpc) is 3.50. The van der Waals surface area contributed by atoms with Crippen molar-refractivity contribution >= 4 is 23.0 Å². The van der Waals surface area contributed by atoms with Crippen LogP contribution in [0.1, 0.15) is 49.7 Å². The van der Waals surface area contributed by atoms with Crippen molar-refractivity contribution in [3.05, 3.63) is 70.8 Å². The van der Waals surface area contributed by atoms with Crippen LogP contribution in [-0.2, 0) is 16.0 Å². The van der Waals surface area contributed by atoms with Crippen molar-refractivity contribution in [2.24, 2.45) is 0 Å². The molecule has 0 fully saturated rings. The molecule has 2 aromatic carbocycles. The second-order valence-electron chi connectivity index (χ2n) is 8.35. The van der Waals surface area contributed by atoms with Gasteiger partial charge in [-0.25, -0.2) is 14.9 Å². The number of aromatic amines is 3. The summed E-state index contributed by atoms with van der Waals surface area (Å²) >= 11 is 0. The van der Waals surface area contributed by atoms with Gasteiger partial charge in [0.25, 0.3) is 0 Å². The Labute approximate surface area is 196 Å². The first-order valence-corrected chi connectivity index (χ1v) is 11.5. The summed E-state index contributed by atoms with van der Waals surface area (Å²) in [7, 11) is 0. The Morgan fingerprint density at radius 2 is 1.91 bits per heavy atom. The molecule has 0 aliphatic rings. The van der Waals surface area contributed by atoms with E-state index in [2.05, 4.69) is 60.8 Å². The van der Waals surface area contributed by atoms with E-state index in [0.717, 1.165) is 54.4 Å². The number of amides is 1. The molecule has 34 heavy (non-hydrogen) atoms. The largest absolute Gasteiger partial charge is 0.355 e. The Kier molecular flexibility index (Phi) is 7.64. The molecule has 2 aromatic heterocycles. The van der Waals surface area contributed by atoms with Crippen molar-refractivity contribution in [3.63, 3.8) is 0 Å². The highest BCUT2D eigenvalue weighted by molar-refractivity contribution is 5.86. The Hall–Kier alpha value is -4.01. The standard InChI is InChI=1S/C25H28N6O3/c32-12-6-2-1-3-9-20(15-26-23(33)14-22-29-25(34)31-30-22)24-27-16-21(28-24)19-11-10-17-7-4-5-8-18(17)13-19/h4-5,7-8,10-13,16,20H,1-3,6,9,14-15H2,(H,26,33)(H,27,28)(H2,29,30,31,34). The zero-order chi connectivity index (χ0) is 23.8. The zero-order valence-electron chi connectivity index (χ0n) is 18.8. The lowest BCUT2D eigenvalue weighted by Crippen LogP contribution is -2.30. The number of fused-ring (bicyclic) bond motifs is 1. The lowest BCUT2D eigenvalue weighted by atomic mass is 9.99. The lowest BCUT2D eigenvalue weighted by molar-refractivity contribution is -0.120. The van der Waals surface area contributed by atoms with Gasteiger partial charge in [-0.2, -0.15) is 5.10 Å². The van der Waals surface area contributed by atoms with Gasteiger partial charge in [-0.1, -0.05) is 49.2 Å². The van der Waals surface area contributed by atoms with Gasteiger partial charge in [-0.3, -0.25) is 9.78 Å². The number of aldehydes is 1. The van der Waals surface area contributed by atoms with Gasteiger partial charge in [0.15, 0.2) is 0 Å². The van der Waals surface area contributed by atoms with Crippen molar-refractivity contribution in [1.82, 2.24) is 30.5 Å². The number of carbonyl (C=O) groups is 2. The van der Waals surface area contributed by atoms with E-state index < -0.39 is 5.69 Å². The molecule has 4 aromatic rings. The SMILES string of the molecule is O=CCCCCCC(CNC(=O)Cc1n[nH]c(=O)[nH]1)c1ncc(-c2ccc3ccccc3c2)[nH]1. The van der Waals surface area contributed by atoms with Gasteiger partial charge in [0, 0.05) is 24.4 Å². The summed E-state index contributed by atoms with van der Waals surface area (Å²) < 4.78 is 0. The molecule has 0 aliphatic carbocycles. The molecule has 0 radical (unpaired) electrons. The molecule has 0 aliphatic heterocycles. The van der Waals surface area contributed by atoms with Crippen molar-refractivity contribution in [1.29, 1.82) is 0 Å². The molecule has 1 unspecified atom stereocenters. The van der Waals surface area contributed by atoms with Crippen molar-refractivity contribution in [2.45, 2.75) is 44.4 Å². The molecule has 4 rings (SSSR count). The van der Waals surface area contributed by atoms with Crippen LogP contribution in [0.25, 0.3) is 22.0 Å². The van der Waals surface area contributed by atoms with E-state index in [1.807, 2.05) is 18.3 Å². The Bertz CT molecular complexity index is 1300. The second-order valence-corrected chi connectivity index (χ2v) is 8.35. The number of H-pyrrole nitrogens is 3. The predicted molar refractivity (Wildman–Crippen MR) is 129 cm³/mol. The first kappa shape index (κ1) is 23.2. The summed E-state index contributed by atoms with van der Waals surface area (Å²) in [6.07, 6.45) is 6.87. The Morgan fingerprint density at radius 1 is 1.06 bits per heavy atom. The van der Waals surface area contributed by atoms with Gasteiger partial charge in [0.2, 0.25) is 5.91 Å². The fourth-order valence-electron chi connectivity index (χ4n) is 4.02. The van der Waals surface area contributed by atoms with E-state index in [1.54, 1.807) is 0 Å². The molecule has 1 amide bonds. The fourth-order valence-corrected chi connectivity index (χ4v) is 4.02. The molecular weight excluding hydrogens is 432 g/mol. The molecule has 0 saturated heterocycles. The topological polar surface area (TPSA) is 136 Å². The Balaban J connectivity index is 1.45. The van der Waals surface area contributed by atoms with Crippen LogP contribution >= 0.6 is 0 Å². The third kappa shape index (κ3) is 6.06. The molecule has 0 saturated carbocycles. The summed E-state index contributed by atoms with van der Waals surface area (Å²) in [5.74, 6) is 0.874. The minimum atomic E-state index is -0.437. The smallest absolute Gasteiger partial charge is 0.340 e. The van der Waals surface area contributed by atoms with Crippen LogP contribution in [-0.4, -0.2) is 43.9 Å². The highest BCUT2D eigenvalue weighted by atomic mass is 16.2. The normalized spacial score (nSPS) is 12.0. The number of benzene rings is 2. The number of unbranched alkanes of at least 4 members (excludes halogenated alkanes) is 3. The van der Waals surface area contributed by atoms with Gasteiger partial charge < -0.3 is 15.1 Å². The maximum Gasteiger partial charge on any atom is 0.340 e. The first-order chi connectivity index (χ1) is 16.6. The number of aromatic nitrogens is 5. The quantitative estimate of drug-likeness (QED) is 0.190. The molecule has 0 bridgehead atoms. The molecule has 9 nitrogen and oxygen atoms in total. The van der Waals surface area contributed by atoms with Gasteiger partial charge in [-0.05, 0) is 29.7 Å². The number of carbonyl (C=O) groups excluding carboxylic acids is 2. The number of nitrogens with zero attached hydrogens (tertiary/aromatic N) is 2. The maximum absolute atomic E-state index is 12.4. The van der Waals surface area contributed by atoms with Crippen LogP contribution in [0.3, 0.4) is 0 Å². The summed E-state index contributed by atoms with van der Waals surface area (Å²) in [5, 5.41) is 11.3. The number of rotatable bonds is 12. The van der Waals surface area contributed by atoms with Gasteiger partial charge >= 0.3 is 5.69 Å². The number of hydrogen-bond acceptors (Lipinski definition) is 5. The third-order valence-corrected chi connectivity index (χ3v) is 5.84. The van der Waals surface area contributed by atoms with Crippen molar-refractivity contribution in [2.75, 3.05) is 6.54 Å². The summed E-state index contributed by atoms with van der Waals surface area (Å²) in [4.78, 5) is 44.7. The number of hydrogen-bond donors (Lipinski definition) is 4. The van der Waals surface area contributed by atoms with Crippen LogP contribution in [0, 0.1) is 0 Å². The molecular formula is C25H28N6O3. The van der Waals surface area contributed by atoms with E-state index in [9.17, 15) is 14.4 Å². The molecule has 4 N–H and O–H groups in total. The number of imidazole rings is 1. The maximum atomic E-state index is 12.4. The van der Waals surface area contributed by atoms with Gasteiger partial charge in [-0.15, -0.1) is 0 Å². The summed E-state index contributed by atoms with van der Waals surface area (Å²) in [6.45, 7) is 0.409. The summed E-state index contributed by atoms with van der Waals surface area (Å²) in [5.41, 5.74) is 1.54. The van der Waals surface area contributed by atoms with E-state index in [-0.39, 0.29) is 18.2 Å². The monoisotopic (exact) mass is 460 g/mol. The number of nitrogens with one attached hydrogen (secondary N) is 4. The molecule has 2 heterocycles. The highest BCUT2D eigenvalue weighted by Crippen LogP contribution is 2.26. The second kappa shape index (κ2) is 11.2. The molecule has 176 valence electrons. The summed E-state index contributed by atoms with van der Waals surface area (Å²) in [6, 6.07) is 14.5. The highest BCUT2D eigenvalue weighted by Gasteiger charge is 2.18. The Morgan fingerprint density at radius 3 is 2.71 bits per heavy atom. The van der Waals surface area contributed by atoms with Crippen LogP contribution < -0.4 is 11.0 Å². The zero-order valence-corrected chi connectivity index (χ0v) is 18.8. The van der Waals surface area contributed by atoms with E-state index in [4.69, 9.17) is 0 Å². The van der Waals surface area contributed by atoms with Crippen LogP contribution in [0.15, 0.2) is 53.5 Å². The molecule has 9 heteroatoms.